The first kappa shape index (κ1) is 15.9. The third-order valence-electron chi connectivity index (χ3n) is 4.87. The minimum atomic E-state index is -0.723. The first-order chi connectivity index (χ1) is 10.6. The summed E-state index contributed by atoms with van der Waals surface area (Å²) < 4.78 is 5.17. The van der Waals surface area contributed by atoms with Gasteiger partial charge >= 0.3 is 0 Å². The Morgan fingerprint density at radius 2 is 1.82 bits per heavy atom. The Bertz CT molecular complexity index is 472. The van der Waals surface area contributed by atoms with E-state index in [1.54, 1.807) is 0 Å². The van der Waals surface area contributed by atoms with Crippen LogP contribution < -0.4 is 0 Å². The molecule has 1 aromatic rings. The first-order valence-corrected chi connectivity index (χ1v) is 8.59. The zero-order valence-electron chi connectivity index (χ0n) is 13.6. The second-order valence-corrected chi connectivity index (χ2v) is 6.92. The van der Waals surface area contributed by atoms with Crippen molar-refractivity contribution >= 4 is 0 Å². The number of piperidine rings is 2. The normalized spacial score (nSPS) is 28.1. The Balaban J connectivity index is 1.49. The van der Waals surface area contributed by atoms with Crippen LogP contribution in [0.5, 0.6) is 0 Å². The summed E-state index contributed by atoms with van der Waals surface area (Å²) in [6, 6.07) is 0. The van der Waals surface area contributed by atoms with E-state index in [9.17, 15) is 5.11 Å². The highest BCUT2D eigenvalue weighted by atomic mass is 16.5. The molecule has 2 aliphatic rings. The van der Waals surface area contributed by atoms with Crippen molar-refractivity contribution < 1.29 is 9.63 Å². The number of aliphatic hydroxyl groups is 1. The van der Waals surface area contributed by atoms with Crippen LogP contribution in [0.3, 0.4) is 0 Å². The molecule has 1 unspecified atom stereocenters. The van der Waals surface area contributed by atoms with Crippen molar-refractivity contribution in [1.82, 2.24) is 19.9 Å². The fourth-order valence-corrected chi connectivity index (χ4v) is 3.70. The van der Waals surface area contributed by atoms with Crippen LogP contribution >= 0.6 is 0 Å². The summed E-state index contributed by atoms with van der Waals surface area (Å²) in [5.41, 5.74) is -0.723. The first-order valence-electron chi connectivity index (χ1n) is 8.59. The molecule has 0 bridgehead atoms. The number of aromatic nitrogens is 2. The SMILES string of the molecule is Cc1noc(CC2(O)CCCN(CCN3CCCCC3)C2)n1. The lowest BCUT2D eigenvalue weighted by molar-refractivity contribution is -0.0369. The van der Waals surface area contributed by atoms with Gasteiger partial charge in [-0.25, -0.2) is 0 Å². The lowest BCUT2D eigenvalue weighted by Gasteiger charge is -2.39. The van der Waals surface area contributed by atoms with E-state index in [2.05, 4.69) is 19.9 Å². The van der Waals surface area contributed by atoms with Gasteiger partial charge < -0.3 is 14.5 Å². The van der Waals surface area contributed by atoms with Gasteiger partial charge in [0.05, 0.1) is 12.0 Å². The molecule has 22 heavy (non-hydrogen) atoms. The molecular weight excluding hydrogens is 280 g/mol. The van der Waals surface area contributed by atoms with Crippen molar-refractivity contribution in [3.63, 3.8) is 0 Å². The zero-order valence-corrected chi connectivity index (χ0v) is 13.6. The number of hydrogen-bond acceptors (Lipinski definition) is 6. The third kappa shape index (κ3) is 4.27. The Morgan fingerprint density at radius 3 is 2.55 bits per heavy atom. The second kappa shape index (κ2) is 7.06. The van der Waals surface area contributed by atoms with Gasteiger partial charge in [-0.1, -0.05) is 11.6 Å². The van der Waals surface area contributed by atoms with E-state index in [1.165, 1.54) is 32.4 Å². The zero-order chi connectivity index (χ0) is 15.4. The molecule has 6 nitrogen and oxygen atoms in total. The number of likely N-dealkylation sites (tertiary alicyclic amines) is 2. The van der Waals surface area contributed by atoms with Crippen LogP contribution in [0.25, 0.3) is 0 Å². The number of β-amino-alcohol motifs (C(OH)–C–C–N with tert-alkyl or cyclic N) is 1. The number of hydrogen-bond donors (Lipinski definition) is 1. The highest BCUT2D eigenvalue weighted by Gasteiger charge is 2.35. The Morgan fingerprint density at radius 1 is 1.09 bits per heavy atom. The molecule has 3 rings (SSSR count). The summed E-state index contributed by atoms with van der Waals surface area (Å²) in [6.07, 6.45) is 6.36. The van der Waals surface area contributed by atoms with Crippen molar-refractivity contribution in [2.75, 3.05) is 39.3 Å². The molecule has 1 atom stereocenters. The number of nitrogens with zero attached hydrogens (tertiary/aromatic N) is 4. The van der Waals surface area contributed by atoms with E-state index in [1.807, 2.05) is 6.92 Å². The Hall–Kier alpha value is -0.980. The van der Waals surface area contributed by atoms with Gasteiger partial charge in [0.1, 0.15) is 0 Å². The van der Waals surface area contributed by atoms with Gasteiger partial charge in [-0.05, 0) is 52.2 Å². The van der Waals surface area contributed by atoms with Crippen LogP contribution in [0.15, 0.2) is 4.52 Å². The van der Waals surface area contributed by atoms with E-state index in [4.69, 9.17) is 4.52 Å². The molecule has 2 fully saturated rings. The summed E-state index contributed by atoms with van der Waals surface area (Å²) in [5.74, 6) is 1.19. The highest BCUT2D eigenvalue weighted by Crippen LogP contribution is 2.25. The van der Waals surface area contributed by atoms with Crippen LogP contribution in [-0.2, 0) is 6.42 Å². The minimum Gasteiger partial charge on any atom is -0.388 e. The maximum absolute atomic E-state index is 10.9. The standard InChI is InChI=1S/C16H28N4O2/c1-14-17-15(22-18-14)12-16(21)6-5-9-20(13-16)11-10-19-7-3-2-4-8-19/h21H,2-13H2,1H3. The van der Waals surface area contributed by atoms with Gasteiger partial charge in [-0.15, -0.1) is 0 Å². The fourth-order valence-electron chi connectivity index (χ4n) is 3.70. The predicted molar refractivity (Wildman–Crippen MR) is 83.7 cm³/mol. The average molecular weight is 308 g/mol. The molecule has 0 aromatic carbocycles. The second-order valence-electron chi connectivity index (χ2n) is 6.92. The van der Waals surface area contributed by atoms with E-state index in [0.717, 1.165) is 32.5 Å². The number of rotatable bonds is 5. The van der Waals surface area contributed by atoms with Gasteiger partial charge in [-0.3, -0.25) is 4.90 Å². The van der Waals surface area contributed by atoms with Crippen molar-refractivity contribution in [2.24, 2.45) is 0 Å². The lowest BCUT2D eigenvalue weighted by atomic mass is 9.89. The van der Waals surface area contributed by atoms with Crippen LogP contribution in [0.1, 0.15) is 43.8 Å². The van der Waals surface area contributed by atoms with Crippen molar-refractivity contribution in [3.8, 4) is 0 Å². The lowest BCUT2D eigenvalue weighted by Crippen LogP contribution is -2.51. The molecule has 2 saturated heterocycles. The highest BCUT2D eigenvalue weighted by molar-refractivity contribution is 4.96. The monoisotopic (exact) mass is 308 g/mol. The van der Waals surface area contributed by atoms with Crippen molar-refractivity contribution in [1.29, 1.82) is 0 Å². The summed E-state index contributed by atoms with van der Waals surface area (Å²) >= 11 is 0. The Kier molecular flexibility index (Phi) is 5.10. The Labute approximate surface area is 132 Å². The summed E-state index contributed by atoms with van der Waals surface area (Å²) in [4.78, 5) is 9.17. The van der Waals surface area contributed by atoms with Crippen LogP contribution in [0, 0.1) is 6.92 Å². The van der Waals surface area contributed by atoms with E-state index in [-0.39, 0.29) is 0 Å². The van der Waals surface area contributed by atoms with E-state index >= 15 is 0 Å². The van der Waals surface area contributed by atoms with Crippen molar-refractivity contribution in [2.45, 2.75) is 51.0 Å². The quantitative estimate of drug-likeness (QED) is 0.883. The van der Waals surface area contributed by atoms with Gasteiger partial charge in [0.15, 0.2) is 5.82 Å². The molecule has 2 aliphatic heterocycles. The molecule has 0 aliphatic carbocycles. The van der Waals surface area contributed by atoms with Gasteiger partial charge in [0.25, 0.3) is 0 Å². The molecule has 3 heterocycles. The fraction of sp³-hybridized carbons (Fsp3) is 0.875. The van der Waals surface area contributed by atoms with Crippen LogP contribution in [-0.4, -0.2) is 69.9 Å². The number of aryl methyl sites for hydroxylation is 1. The van der Waals surface area contributed by atoms with Gasteiger partial charge in [0.2, 0.25) is 5.89 Å². The smallest absolute Gasteiger partial charge is 0.229 e. The maximum Gasteiger partial charge on any atom is 0.229 e. The molecule has 0 radical (unpaired) electrons. The van der Waals surface area contributed by atoms with Crippen LogP contribution in [0.2, 0.25) is 0 Å². The van der Waals surface area contributed by atoms with E-state index in [0.29, 0.717) is 24.7 Å². The molecule has 0 spiro atoms. The van der Waals surface area contributed by atoms with Gasteiger partial charge in [0, 0.05) is 19.6 Å². The molecule has 0 amide bonds. The molecule has 1 N–H and O–H groups in total. The van der Waals surface area contributed by atoms with Crippen molar-refractivity contribution in [3.05, 3.63) is 11.7 Å². The molecule has 1 aromatic heterocycles. The topological polar surface area (TPSA) is 65.6 Å². The largest absolute Gasteiger partial charge is 0.388 e. The predicted octanol–water partition coefficient (Wildman–Crippen LogP) is 1.23. The average Bonchev–Trinajstić information content (AvgIpc) is 2.91. The molecular formula is C16H28N4O2. The molecule has 0 saturated carbocycles. The third-order valence-corrected chi connectivity index (χ3v) is 4.87. The molecule has 124 valence electrons. The van der Waals surface area contributed by atoms with Gasteiger partial charge in [-0.2, -0.15) is 4.98 Å². The molecule has 6 heteroatoms. The maximum atomic E-state index is 10.9. The summed E-state index contributed by atoms with van der Waals surface area (Å²) in [5, 5.41) is 14.7. The minimum absolute atomic E-state index is 0.466. The summed E-state index contributed by atoms with van der Waals surface area (Å²) in [6.45, 7) is 8.24. The van der Waals surface area contributed by atoms with E-state index < -0.39 is 5.60 Å². The summed E-state index contributed by atoms with van der Waals surface area (Å²) in [7, 11) is 0. The van der Waals surface area contributed by atoms with Crippen LogP contribution in [0.4, 0.5) is 0 Å².